The van der Waals surface area contributed by atoms with E-state index in [9.17, 15) is 4.79 Å². The lowest BCUT2D eigenvalue weighted by atomic mass is 10.3. The average molecular weight is 238 g/mol. The van der Waals surface area contributed by atoms with Crippen LogP contribution in [0, 0.1) is 0 Å². The van der Waals surface area contributed by atoms with Gasteiger partial charge in [0.15, 0.2) is 5.69 Å². The number of carbonyl (C=O) groups is 1. The van der Waals surface area contributed by atoms with Gasteiger partial charge in [0.05, 0.1) is 0 Å². The summed E-state index contributed by atoms with van der Waals surface area (Å²) in [5, 5.41) is 7.98. The van der Waals surface area contributed by atoms with Gasteiger partial charge in [0.2, 0.25) is 0 Å². The Hall–Kier alpha value is -1.30. The Labute approximate surface area is 98.4 Å². The molecular formula is C10H14N4OS. The fourth-order valence-electron chi connectivity index (χ4n) is 1.62. The van der Waals surface area contributed by atoms with Crippen LogP contribution in [0.4, 0.5) is 5.82 Å². The molecule has 86 valence electrons. The second kappa shape index (κ2) is 4.69. The lowest BCUT2D eigenvalue weighted by Gasteiger charge is -2.30. The molecule has 0 aromatic carbocycles. The third-order valence-electron chi connectivity index (χ3n) is 2.43. The molecule has 0 spiro atoms. The fraction of sp³-hybridized carbons (Fsp3) is 0.500. The van der Waals surface area contributed by atoms with Crippen molar-refractivity contribution in [2.75, 3.05) is 24.6 Å². The summed E-state index contributed by atoms with van der Waals surface area (Å²) in [5.74, 6) is 1.26. The van der Waals surface area contributed by atoms with E-state index in [4.69, 9.17) is 5.73 Å². The van der Waals surface area contributed by atoms with Crippen LogP contribution in [-0.2, 0) is 0 Å². The minimum absolute atomic E-state index is 0.0559. The molecule has 1 fully saturated rings. The first-order chi connectivity index (χ1) is 7.66. The highest BCUT2D eigenvalue weighted by atomic mass is 32.2. The summed E-state index contributed by atoms with van der Waals surface area (Å²) < 4.78 is 0. The van der Waals surface area contributed by atoms with Crippen LogP contribution < -0.4 is 5.73 Å². The van der Waals surface area contributed by atoms with Crippen molar-refractivity contribution >= 4 is 23.5 Å². The molecule has 1 aliphatic heterocycles. The quantitative estimate of drug-likeness (QED) is 0.777. The van der Waals surface area contributed by atoms with Gasteiger partial charge in [-0.1, -0.05) is 6.92 Å². The number of aromatic nitrogens is 2. The standard InChI is InChI=1S/C10H14N4OS/c1-7-6-14(4-5-16-7)10(15)8-2-3-9(11)13-12-8/h2-3,7H,4-6H2,1H3,(H2,11,13). The second-order valence-corrected chi connectivity index (χ2v) is 5.32. The number of rotatable bonds is 1. The van der Waals surface area contributed by atoms with Crippen molar-refractivity contribution in [1.82, 2.24) is 15.1 Å². The molecule has 1 unspecified atom stereocenters. The van der Waals surface area contributed by atoms with Crippen LogP contribution >= 0.6 is 11.8 Å². The summed E-state index contributed by atoms with van der Waals surface area (Å²) in [7, 11) is 0. The molecule has 2 N–H and O–H groups in total. The Balaban J connectivity index is 2.09. The molecule has 1 aromatic rings. The first-order valence-corrected chi connectivity index (χ1v) is 6.22. The second-order valence-electron chi connectivity index (χ2n) is 3.78. The van der Waals surface area contributed by atoms with Gasteiger partial charge in [-0.05, 0) is 12.1 Å². The van der Waals surface area contributed by atoms with Gasteiger partial charge in [-0.3, -0.25) is 4.79 Å². The van der Waals surface area contributed by atoms with E-state index in [0.29, 0.717) is 16.8 Å². The van der Waals surface area contributed by atoms with Crippen LogP contribution in [0.1, 0.15) is 17.4 Å². The maximum absolute atomic E-state index is 12.0. The highest BCUT2D eigenvalue weighted by Gasteiger charge is 2.23. The lowest BCUT2D eigenvalue weighted by Crippen LogP contribution is -2.41. The number of nitrogens with two attached hydrogens (primary N) is 1. The third kappa shape index (κ3) is 2.44. The predicted molar refractivity (Wildman–Crippen MR) is 64.3 cm³/mol. The molecule has 1 saturated heterocycles. The number of anilines is 1. The van der Waals surface area contributed by atoms with E-state index in [-0.39, 0.29) is 5.91 Å². The van der Waals surface area contributed by atoms with Gasteiger partial charge in [-0.15, -0.1) is 10.2 Å². The van der Waals surface area contributed by atoms with E-state index in [1.165, 1.54) is 0 Å². The molecule has 2 heterocycles. The first-order valence-electron chi connectivity index (χ1n) is 5.17. The number of amides is 1. The van der Waals surface area contributed by atoms with Gasteiger partial charge < -0.3 is 10.6 Å². The highest BCUT2D eigenvalue weighted by molar-refractivity contribution is 7.99. The van der Waals surface area contributed by atoms with Crippen molar-refractivity contribution in [2.24, 2.45) is 0 Å². The molecule has 0 bridgehead atoms. The lowest BCUT2D eigenvalue weighted by molar-refractivity contribution is 0.0756. The molecule has 5 nitrogen and oxygen atoms in total. The zero-order chi connectivity index (χ0) is 11.5. The van der Waals surface area contributed by atoms with Crippen LogP contribution in [0.25, 0.3) is 0 Å². The zero-order valence-electron chi connectivity index (χ0n) is 9.09. The van der Waals surface area contributed by atoms with Crippen LogP contribution in [0.2, 0.25) is 0 Å². The summed E-state index contributed by atoms with van der Waals surface area (Å²) in [6.07, 6.45) is 0. The van der Waals surface area contributed by atoms with E-state index >= 15 is 0 Å². The molecule has 0 saturated carbocycles. The predicted octanol–water partition coefficient (Wildman–Crippen LogP) is 0.636. The van der Waals surface area contributed by atoms with Gasteiger partial charge >= 0.3 is 0 Å². The van der Waals surface area contributed by atoms with Gasteiger partial charge in [-0.2, -0.15) is 11.8 Å². The number of thioether (sulfide) groups is 1. The minimum Gasteiger partial charge on any atom is -0.382 e. The third-order valence-corrected chi connectivity index (χ3v) is 3.57. The monoisotopic (exact) mass is 238 g/mol. The van der Waals surface area contributed by atoms with Crippen LogP contribution in [0.15, 0.2) is 12.1 Å². The number of carbonyl (C=O) groups excluding carboxylic acids is 1. The van der Waals surface area contributed by atoms with Crippen molar-refractivity contribution in [3.05, 3.63) is 17.8 Å². The Bertz CT molecular complexity index is 381. The van der Waals surface area contributed by atoms with Crippen molar-refractivity contribution in [3.63, 3.8) is 0 Å². The van der Waals surface area contributed by atoms with E-state index in [2.05, 4.69) is 17.1 Å². The zero-order valence-corrected chi connectivity index (χ0v) is 9.91. The molecule has 1 aliphatic rings. The van der Waals surface area contributed by atoms with Crippen LogP contribution in [0.5, 0.6) is 0 Å². The normalized spacial score (nSPS) is 20.8. The molecule has 0 radical (unpaired) electrons. The number of nitrogens with zero attached hydrogens (tertiary/aromatic N) is 3. The Kier molecular flexibility index (Phi) is 3.28. The molecule has 16 heavy (non-hydrogen) atoms. The maximum Gasteiger partial charge on any atom is 0.274 e. The molecular weight excluding hydrogens is 224 g/mol. The van der Waals surface area contributed by atoms with Crippen molar-refractivity contribution in [1.29, 1.82) is 0 Å². The van der Waals surface area contributed by atoms with E-state index in [1.807, 2.05) is 16.7 Å². The molecule has 2 rings (SSSR count). The summed E-state index contributed by atoms with van der Waals surface area (Å²) in [6.45, 7) is 3.67. The number of hydrogen-bond donors (Lipinski definition) is 1. The molecule has 1 aromatic heterocycles. The van der Waals surface area contributed by atoms with Gasteiger partial charge in [0.1, 0.15) is 5.82 Å². The van der Waals surface area contributed by atoms with Crippen LogP contribution in [0.3, 0.4) is 0 Å². The summed E-state index contributed by atoms with van der Waals surface area (Å²) in [5.41, 5.74) is 5.79. The average Bonchev–Trinajstić information content (AvgIpc) is 2.29. The van der Waals surface area contributed by atoms with Crippen molar-refractivity contribution < 1.29 is 4.79 Å². The SMILES string of the molecule is CC1CN(C(=O)c2ccc(N)nn2)CCS1. The molecule has 6 heteroatoms. The van der Waals surface area contributed by atoms with Crippen molar-refractivity contribution in [3.8, 4) is 0 Å². The molecule has 1 amide bonds. The minimum atomic E-state index is -0.0559. The number of nitrogen functional groups attached to an aromatic ring is 1. The van der Waals surface area contributed by atoms with Crippen LogP contribution in [-0.4, -0.2) is 45.1 Å². The van der Waals surface area contributed by atoms with Gasteiger partial charge in [0.25, 0.3) is 5.91 Å². The van der Waals surface area contributed by atoms with E-state index in [1.54, 1.807) is 12.1 Å². The van der Waals surface area contributed by atoms with Gasteiger partial charge in [0, 0.05) is 24.1 Å². The number of hydrogen-bond acceptors (Lipinski definition) is 5. The Morgan fingerprint density at radius 3 is 3.00 bits per heavy atom. The first kappa shape index (κ1) is 11.2. The van der Waals surface area contributed by atoms with E-state index < -0.39 is 0 Å². The fourth-order valence-corrected chi connectivity index (χ4v) is 2.64. The topological polar surface area (TPSA) is 72.1 Å². The van der Waals surface area contributed by atoms with Gasteiger partial charge in [-0.25, -0.2) is 0 Å². The highest BCUT2D eigenvalue weighted by Crippen LogP contribution is 2.18. The molecule has 0 aliphatic carbocycles. The summed E-state index contributed by atoms with van der Waals surface area (Å²) in [6, 6.07) is 3.22. The summed E-state index contributed by atoms with van der Waals surface area (Å²) in [4.78, 5) is 13.9. The Morgan fingerprint density at radius 2 is 2.38 bits per heavy atom. The largest absolute Gasteiger partial charge is 0.382 e. The molecule has 1 atom stereocenters. The summed E-state index contributed by atoms with van der Waals surface area (Å²) >= 11 is 1.89. The maximum atomic E-state index is 12.0. The van der Waals surface area contributed by atoms with E-state index in [0.717, 1.165) is 18.8 Å². The smallest absolute Gasteiger partial charge is 0.274 e. The van der Waals surface area contributed by atoms with Crippen molar-refractivity contribution in [2.45, 2.75) is 12.2 Å². The Morgan fingerprint density at radius 1 is 1.56 bits per heavy atom.